The van der Waals surface area contributed by atoms with Crippen LogP contribution in [0.1, 0.15) is 35.6 Å². The summed E-state index contributed by atoms with van der Waals surface area (Å²) in [5.74, 6) is -0.469. The zero-order chi connectivity index (χ0) is 11.7. The van der Waals surface area contributed by atoms with Crippen LogP contribution in [0.4, 0.5) is 0 Å². The molecule has 1 aliphatic heterocycles. The van der Waals surface area contributed by atoms with Gasteiger partial charge in [-0.2, -0.15) is 5.10 Å². The molecule has 0 saturated heterocycles. The Hall–Kier alpha value is -1.36. The molecular weight excluding hydrogens is 206 g/mol. The number of carbonyl (C=O) groups is 1. The second-order valence-corrected chi connectivity index (χ2v) is 4.58. The average Bonchev–Trinajstić information content (AvgIpc) is 2.53. The molecule has 2 heterocycles. The van der Waals surface area contributed by atoms with Gasteiger partial charge >= 0.3 is 5.97 Å². The summed E-state index contributed by atoms with van der Waals surface area (Å²) in [5.41, 5.74) is 2.18. The van der Waals surface area contributed by atoms with Crippen LogP contribution in [0.15, 0.2) is 0 Å². The highest BCUT2D eigenvalue weighted by atomic mass is 16.4. The van der Waals surface area contributed by atoms with Crippen LogP contribution in [0, 0.1) is 5.92 Å². The summed E-state index contributed by atoms with van der Waals surface area (Å²) in [4.78, 5) is 11.3. The fraction of sp³-hybridized carbons (Fsp3) is 0.636. The molecule has 16 heavy (non-hydrogen) atoms. The van der Waals surface area contributed by atoms with Crippen LogP contribution in [-0.2, 0) is 19.5 Å². The molecule has 0 bridgehead atoms. The standard InChI is InChI=1S/C11H17N3O2/c1-7(2)6-14-10(11(15)16)8-3-4-12-5-9(8)13-14/h7,12H,3-6H2,1-2H3,(H,15,16). The fourth-order valence-corrected chi connectivity index (χ4v) is 2.09. The first kappa shape index (κ1) is 11.1. The number of nitrogens with zero attached hydrogens (tertiary/aromatic N) is 2. The minimum Gasteiger partial charge on any atom is -0.477 e. The third-order valence-corrected chi connectivity index (χ3v) is 2.72. The number of rotatable bonds is 3. The van der Waals surface area contributed by atoms with E-state index in [1.54, 1.807) is 4.68 Å². The number of aromatic nitrogens is 2. The number of carboxylic acid groups (broad SMARTS) is 1. The molecule has 1 aliphatic rings. The predicted octanol–water partition coefficient (Wildman–Crippen LogP) is 0.883. The molecule has 0 aliphatic carbocycles. The highest BCUT2D eigenvalue weighted by Crippen LogP contribution is 2.19. The maximum Gasteiger partial charge on any atom is 0.354 e. The smallest absolute Gasteiger partial charge is 0.354 e. The summed E-state index contributed by atoms with van der Waals surface area (Å²) in [5, 5.41) is 16.8. The number of carboxylic acids is 1. The molecule has 0 fully saturated rings. The van der Waals surface area contributed by atoms with Crippen LogP contribution in [0.3, 0.4) is 0 Å². The molecule has 2 N–H and O–H groups in total. The molecule has 0 atom stereocenters. The van der Waals surface area contributed by atoms with Crippen LogP contribution in [0.25, 0.3) is 0 Å². The molecule has 5 nitrogen and oxygen atoms in total. The Balaban J connectivity index is 2.43. The Morgan fingerprint density at radius 3 is 3.00 bits per heavy atom. The van der Waals surface area contributed by atoms with Crippen LogP contribution >= 0.6 is 0 Å². The number of hydrogen-bond donors (Lipinski definition) is 2. The van der Waals surface area contributed by atoms with Crippen molar-refractivity contribution in [2.75, 3.05) is 6.54 Å². The van der Waals surface area contributed by atoms with Gasteiger partial charge in [0.15, 0.2) is 0 Å². The van der Waals surface area contributed by atoms with Gasteiger partial charge in [0, 0.05) is 18.7 Å². The summed E-state index contributed by atoms with van der Waals surface area (Å²) < 4.78 is 1.64. The number of fused-ring (bicyclic) bond motifs is 1. The highest BCUT2D eigenvalue weighted by Gasteiger charge is 2.24. The van der Waals surface area contributed by atoms with E-state index in [1.807, 2.05) is 0 Å². The van der Waals surface area contributed by atoms with E-state index >= 15 is 0 Å². The van der Waals surface area contributed by atoms with Crippen LogP contribution < -0.4 is 5.32 Å². The molecule has 0 amide bonds. The summed E-state index contributed by atoms with van der Waals surface area (Å²) in [7, 11) is 0. The zero-order valence-electron chi connectivity index (χ0n) is 9.66. The van der Waals surface area contributed by atoms with E-state index in [0.717, 1.165) is 24.2 Å². The van der Waals surface area contributed by atoms with Gasteiger partial charge in [0.05, 0.1) is 5.69 Å². The van der Waals surface area contributed by atoms with Crippen molar-refractivity contribution in [3.63, 3.8) is 0 Å². The average molecular weight is 223 g/mol. The minimum absolute atomic E-state index is 0.380. The van der Waals surface area contributed by atoms with Crippen LogP contribution in [0.2, 0.25) is 0 Å². The quantitative estimate of drug-likeness (QED) is 0.798. The monoisotopic (exact) mass is 223 g/mol. The first-order valence-corrected chi connectivity index (χ1v) is 5.62. The van der Waals surface area contributed by atoms with E-state index in [4.69, 9.17) is 0 Å². The minimum atomic E-state index is -0.865. The van der Waals surface area contributed by atoms with E-state index in [1.165, 1.54) is 0 Å². The first-order valence-electron chi connectivity index (χ1n) is 5.62. The van der Waals surface area contributed by atoms with Crippen molar-refractivity contribution in [3.05, 3.63) is 17.0 Å². The predicted molar refractivity (Wildman–Crippen MR) is 59.4 cm³/mol. The molecule has 1 aromatic heterocycles. The highest BCUT2D eigenvalue weighted by molar-refractivity contribution is 5.87. The SMILES string of the molecule is CC(C)Cn1nc2c(c1C(=O)O)CCNC2. The molecule has 0 saturated carbocycles. The molecule has 1 aromatic rings. The van der Waals surface area contributed by atoms with Gasteiger partial charge in [-0.25, -0.2) is 4.79 Å². The lowest BCUT2D eigenvalue weighted by Gasteiger charge is -2.11. The second kappa shape index (κ2) is 4.25. The third kappa shape index (κ3) is 1.95. The van der Waals surface area contributed by atoms with E-state index in [0.29, 0.717) is 24.7 Å². The lowest BCUT2D eigenvalue weighted by atomic mass is 10.1. The van der Waals surface area contributed by atoms with Crippen LogP contribution in [0.5, 0.6) is 0 Å². The maximum absolute atomic E-state index is 11.3. The van der Waals surface area contributed by atoms with Crippen molar-refractivity contribution < 1.29 is 9.90 Å². The normalized spacial score (nSPS) is 15.2. The number of aromatic carboxylic acids is 1. The third-order valence-electron chi connectivity index (χ3n) is 2.72. The molecule has 2 rings (SSSR count). The molecule has 88 valence electrons. The van der Waals surface area contributed by atoms with Gasteiger partial charge < -0.3 is 10.4 Å². The topological polar surface area (TPSA) is 67.2 Å². The van der Waals surface area contributed by atoms with Gasteiger partial charge in [0.2, 0.25) is 0 Å². The summed E-state index contributed by atoms with van der Waals surface area (Å²) in [6.07, 6.45) is 0.759. The zero-order valence-corrected chi connectivity index (χ0v) is 9.66. The van der Waals surface area contributed by atoms with Crippen molar-refractivity contribution in [2.45, 2.75) is 33.4 Å². The van der Waals surface area contributed by atoms with Crippen LogP contribution in [-0.4, -0.2) is 27.4 Å². The van der Waals surface area contributed by atoms with E-state index in [2.05, 4.69) is 24.3 Å². The van der Waals surface area contributed by atoms with E-state index < -0.39 is 5.97 Å². The molecule has 0 aromatic carbocycles. The maximum atomic E-state index is 11.3. The van der Waals surface area contributed by atoms with Crippen molar-refractivity contribution >= 4 is 5.97 Å². The summed E-state index contributed by atoms with van der Waals surface area (Å²) >= 11 is 0. The van der Waals surface area contributed by atoms with Gasteiger partial charge in [-0.15, -0.1) is 0 Å². The van der Waals surface area contributed by atoms with Gasteiger partial charge in [-0.05, 0) is 18.9 Å². The molecule has 0 spiro atoms. The summed E-state index contributed by atoms with van der Waals surface area (Å²) in [6, 6.07) is 0. The number of hydrogen-bond acceptors (Lipinski definition) is 3. The van der Waals surface area contributed by atoms with Crippen molar-refractivity contribution in [3.8, 4) is 0 Å². The largest absolute Gasteiger partial charge is 0.477 e. The van der Waals surface area contributed by atoms with Gasteiger partial charge in [0.25, 0.3) is 0 Å². The van der Waals surface area contributed by atoms with Gasteiger partial charge in [0.1, 0.15) is 5.69 Å². The first-order chi connectivity index (χ1) is 7.59. The van der Waals surface area contributed by atoms with E-state index in [9.17, 15) is 9.90 Å². The van der Waals surface area contributed by atoms with Crippen molar-refractivity contribution in [1.29, 1.82) is 0 Å². The van der Waals surface area contributed by atoms with Gasteiger partial charge in [-0.1, -0.05) is 13.8 Å². The lowest BCUT2D eigenvalue weighted by Crippen LogP contribution is -2.24. The number of nitrogens with one attached hydrogen (secondary N) is 1. The van der Waals surface area contributed by atoms with Gasteiger partial charge in [-0.3, -0.25) is 4.68 Å². The van der Waals surface area contributed by atoms with E-state index in [-0.39, 0.29) is 0 Å². The Morgan fingerprint density at radius 1 is 1.62 bits per heavy atom. The molecule has 0 unspecified atom stereocenters. The summed E-state index contributed by atoms with van der Waals surface area (Å²) in [6.45, 7) is 6.30. The Bertz CT molecular complexity index is 410. The van der Waals surface area contributed by atoms with Crippen molar-refractivity contribution in [1.82, 2.24) is 15.1 Å². The molecule has 0 radical (unpaired) electrons. The van der Waals surface area contributed by atoms with Crippen molar-refractivity contribution in [2.24, 2.45) is 5.92 Å². The Labute approximate surface area is 94.5 Å². The molecular formula is C11H17N3O2. The Morgan fingerprint density at radius 2 is 2.38 bits per heavy atom. The molecule has 5 heteroatoms. The lowest BCUT2D eigenvalue weighted by molar-refractivity contribution is 0.0681. The fourth-order valence-electron chi connectivity index (χ4n) is 2.09. The Kier molecular flexibility index (Phi) is 2.96. The second-order valence-electron chi connectivity index (χ2n) is 4.58.